The van der Waals surface area contributed by atoms with E-state index in [4.69, 9.17) is 0 Å². The summed E-state index contributed by atoms with van der Waals surface area (Å²) in [5.41, 5.74) is 3.21. The van der Waals surface area contributed by atoms with Gasteiger partial charge in [0.15, 0.2) is 9.84 Å². The second-order valence-corrected chi connectivity index (χ2v) is 9.72. The summed E-state index contributed by atoms with van der Waals surface area (Å²) >= 11 is 0. The molecule has 2 aromatic rings. The number of fused-ring (bicyclic) bond motifs is 1. The molecule has 3 heterocycles. The van der Waals surface area contributed by atoms with E-state index in [1.54, 1.807) is 17.2 Å². The van der Waals surface area contributed by atoms with Crippen LogP contribution in [0.2, 0.25) is 0 Å². The molecule has 0 bridgehead atoms. The third-order valence-electron chi connectivity index (χ3n) is 5.70. The molecule has 1 unspecified atom stereocenters. The van der Waals surface area contributed by atoms with Gasteiger partial charge in [0.05, 0.1) is 17.1 Å². The Morgan fingerprint density at radius 3 is 2.64 bits per heavy atom. The number of anilines is 1. The molecule has 0 radical (unpaired) electrons. The fourth-order valence-electron chi connectivity index (χ4n) is 4.15. The quantitative estimate of drug-likeness (QED) is 0.789. The minimum atomic E-state index is -3.03. The lowest BCUT2D eigenvalue weighted by Gasteiger charge is -2.30. The lowest BCUT2D eigenvalue weighted by molar-refractivity contribution is 0.0708. The van der Waals surface area contributed by atoms with Crippen LogP contribution in [0.1, 0.15) is 34.8 Å². The van der Waals surface area contributed by atoms with Crippen LogP contribution in [0.25, 0.3) is 0 Å². The van der Waals surface area contributed by atoms with Gasteiger partial charge in [0.1, 0.15) is 5.82 Å². The minimum absolute atomic E-state index is 0.0608. The number of rotatable bonds is 4. The predicted octanol–water partition coefficient (Wildman–Crippen LogP) is 2.29. The second kappa shape index (κ2) is 7.54. The average Bonchev–Trinajstić information content (AvgIpc) is 3.07. The zero-order chi connectivity index (χ0) is 19.7. The molecule has 1 amide bonds. The molecule has 1 aromatic carbocycles. The maximum atomic E-state index is 12.9. The van der Waals surface area contributed by atoms with E-state index in [2.05, 4.69) is 34.1 Å². The fourth-order valence-corrected chi connectivity index (χ4v) is 5.88. The summed E-state index contributed by atoms with van der Waals surface area (Å²) in [7, 11) is -3.03. The van der Waals surface area contributed by atoms with Crippen molar-refractivity contribution in [3.05, 3.63) is 59.3 Å². The predicted molar refractivity (Wildman–Crippen MR) is 109 cm³/mol. The number of carbonyl (C=O) groups excluding carboxylic acids is 1. The highest BCUT2D eigenvalue weighted by Gasteiger charge is 2.34. The standard InChI is InChI=1S/C21H25N3O3S/c1-2-24(19-10-12-28(26,27)15-19)21(25)17-7-8-20(22-13-17)23-11-9-16-5-3-4-6-18(16)14-23/h3-8,13,19H,2,9-12,14-15H2,1H3. The van der Waals surface area contributed by atoms with Gasteiger partial charge >= 0.3 is 0 Å². The number of hydrogen-bond donors (Lipinski definition) is 0. The van der Waals surface area contributed by atoms with Crippen LogP contribution in [-0.4, -0.2) is 54.8 Å². The van der Waals surface area contributed by atoms with Gasteiger partial charge in [0, 0.05) is 31.9 Å². The molecular formula is C21H25N3O3S. The highest BCUT2D eigenvalue weighted by molar-refractivity contribution is 7.91. The van der Waals surface area contributed by atoms with E-state index in [-0.39, 0.29) is 23.5 Å². The molecule has 28 heavy (non-hydrogen) atoms. The first-order chi connectivity index (χ1) is 13.5. The molecule has 1 saturated heterocycles. The van der Waals surface area contributed by atoms with Crippen molar-refractivity contribution in [2.24, 2.45) is 0 Å². The molecule has 0 saturated carbocycles. The Hall–Kier alpha value is -2.41. The molecule has 0 spiro atoms. The van der Waals surface area contributed by atoms with Gasteiger partial charge < -0.3 is 9.80 Å². The number of nitrogens with zero attached hydrogens (tertiary/aromatic N) is 3. The molecule has 0 N–H and O–H groups in total. The second-order valence-electron chi connectivity index (χ2n) is 7.49. The van der Waals surface area contributed by atoms with Crippen molar-refractivity contribution in [3.63, 3.8) is 0 Å². The summed E-state index contributed by atoms with van der Waals surface area (Å²) in [6.07, 6.45) is 3.11. The van der Waals surface area contributed by atoms with Crippen molar-refractivity contribution in [3.8, 4) is 0 Å². The molecule has 0 aliphatic carbocycles. The zero-order valence-corrected chi connectivity index (χ0v) is 16.9. The number of benzene rings is 1. The van der Waals surface area contributed by atoms with Gasteiger partial charge in [-0.25, -0.2) is 13.4 Å². The van der Waals surface area contributed by atoms with E-state index in [0.717, 1.165) is 25.3 Å². The lowest BCUT2D eigenvalue weighted by atomic mass is 10.00. The fraction of sp³-hybridized carbons (Fsp3) is 0.429. The Bertz CT molecular complexity index is 973. The number of carbonyl (C=O) groups is 1. The highest BCUT2D eigenvalue weighted by Crippen LogP contribution is 2.24. The SMILES string of the molecule is CCN(C(=O)c1ccc(N2CCc3ccccc3C2)nc1)C1CCS(=O)(=O)C1. The van der Waals surface area contributed by atoms with Crippen molar-refractivity contribution in [1.29, 1.82) is 0 Å². The van der Waals surface area contributed by atoms with Crippen molar-refractivity contribution < 1.29 is 13.2 Å². The van der Waals surface area contributed by atoms with E-state index in [1.165, 1.54) is 11.1 Å². The number of hydrogen-bond acceptors (Lipinski definition) is 5. The molecule has 148 valence electrons. The van der Waals surface area contributed by atoms with Crippen molar-refractivity contribution in [1.82, 2.24) is 9.88 Å². The molecule has 1 fully saturated rings. The van der Waals surface area contributed by atoms with Gasteiger partial charge in [-0.2, -0.15) is 0 Å². The molecule has 1 aromatic heterocycles. The van der Waals surface area contributed by atoms with Crippen LogP contribution in [0.4, 0.5) is 5.82 Å². The maximum absolute atomic E-state index is 12.9. The first-order valence-corrected chi connectivity index (χ1v) is 11.6. The third-order valence-corrected chi connectivity index (χ3v) is 7.45. The molecule has 7 heteroatoms. The number of pyridine rings is 1. The molecule has 2 aliphatic heterocycles. The van der Waals surface area contributed by atoms with Gasteiger partial charge in [-0.15, -0.1) is 0 Å². The van der Waals surface area contributed by atoms with Gasteiger partial charge in [-0.3, -0.25) is 4.79 Å². The Balaban J connectivity index is 1.48. The van der Waals surface area contributed by atoms with Crippen LogP contribution >= 0.6 is 0 Å². The summed E-state index contributed by atoms with van der Waals surface area (Å²) in [6.45, 7) is 4.09. The minimum Gasteiger partial charge on any atom is -0.352 e. The Kier molecular flexibility index (Phi) is 5.10. The Morgan fingerprint density at radius 2 is 2.00 bits per heavy atom. The Labute approximate surface area is 166 Å². The van der Waals surface area contributed by atoms with E-state index in [0.29, 0.717) is 18.5 Å². The van der Waals surface area contributed by atoms with Gasteiger partial charge in [0.25, 0.3) is 5.91 Å². The molecule has 2 aliphatic rings. The maximum Gasteiger partial charge on any atom is 0.255 e. The molecular weight excluding hydrogens is 374 g/mol. The molecule has 1 atom stereocenters. The third kappa shape index (κ3) is 3.76. The van der Waals surface area contributed by atoms with Crippen LogP contribution in [-0.2, 0) is 22.8 Å². The lowest BCUT2D eigenvalue weighted by Crippen LogP contribution is -2.41. The summed E-state index contributed by atoms with van der Waals surface area (Å²) in [6, 6.07) is 11.9. The topological polar surface area (TPSA) is 70.6 Å². The summed E-state index contributed by atoms with van der Waals surface area (Å²) < 4.78 is 23.5. The highest BCUT2D eigenvalue weighted by atomic mass is 32.2. The van der Waals surface area contributed by atoms with E-state index < -0.39 is 9.84 Å². The monoisotopic (exact) mass is 399 g/mol. The smallest absolute Gasteiger partial charge is 0.255 e. The normalized spacial score (nSPS) is 20.6. The van der Waals surface area contributed by atoms with E-state index >= 15 is 0 Å². The van der Waals surface area contributed by atoms with Crippen LogP contribution in [0.5, 0.6) is 0 Å². The van der Waals surface area contributed by atoms with Crippen molar-refractivity contribution >= 4 is 21.6 Å². The van der Waals surface area contributed by atoms with Crippen molar-refractivity contribution in [2.75, 3.05) is 29.5 Å². The van der Waals surface area contributed by atoms with E-state index in [9.17, 15) is 13.2 Å². The molecule has 4 rings (SSSR count). The van der Waals surface area contributed by atoms with Gasteiger partial charge in [0.2, 0.25) is 0 Å². The number of amides is 1. The van der Waals surface area contributed by atoms with Gasteiger partial charge in [-0.05, 0) is 43.0 Å². The van der Waals surface area contributed by atoms with E-state index in [1.807, 2.05) is 13.0 Å². The van der Waals surface area contributed by atoms with Crippen LogP contribution in [0.15, 0.2) is 42.6 Å². The van der Waals surface area contributed by atoms with Gasteiger partial charge in [-0.1, -0.05) is 24.3 Å². The van der Waals surface area contributed by atoms with Crippen LogP contribution in [0.3, 0.4) is 0 Å². The van der Waals surface area contributed by atoms with Crippen LogP contribution < -0.4 is 4.90 Å². The largest absolute Gasteiger partial charge is 0.352 e. The first kappa shape index (κ1) is 18.9. The van der Waals surface area contributed by atoms with Crippen molar-refractivity contribution in [2.45, 2.75) is 32.4 Å². The number of aromatic nitrogens is 1. The summed E-state index contributed by atoms with van der Waals surface area (Å²) in [5, 5.41) is 0. The summed E-state index contributed by atoms with van der Waals surface area (Å²) in [5.74, 6) is 0.936. The zero-order valence-electron chi connectivity index (χ0n) is 16.0. The van der Waals surface area contributed by atoms with Crippen LogP contribution in [0, 0.1) is 0 Å². The summed E-state index contributed by atoms with van der Waals surface area (Å²) in [4.78, 5) is 21.3. The Morgan fingerprint density at radius 1 is 1.21 bits per heavy atom. The number of sulfone groups is 1. The first-order valence-electron chi connectivity index (χ1n) is 9.76. The molecule has 6 nitrogen and oxygen atoms in total. The average molecular weight is 400 g/mol.